The van der Waals surface area contributed by atoms with Crippen molar-refractivity contribution in [3.63, 3.8) is 0 Å². The molecule has 0 saturated carbocycles. The summed E-state index contributed by atoms with van der Waals surface area (Å²) in [7, 11) is 0. The van der Waals surface area contributed by atoms with Crippen LogP contribution in [0.3, 0.4) is 0 Å². The highest BCUT2D eigenvalue weighted by molar-refractivity contribution is 5.70. The van der Waals surface area contributed by atoms with Gasteiger partial charge in [-0.1, -0.05) is 12.1 Å². The average Bonchev–Trinajstić information content (AvgIpc) is 2.20. The zero-order valence-electron chi connectivity index (χ0n) is 8.60. The fraction of sp³-hybridized carbons (Fsp3) is 0.364. The summed E-state index contributed by atoms with van der Waals surface area (Å²) >= 11 is 0. The molecule has 0 fully saturated rings. The van der Waals surface area contributed by atoms with Crippen LogP contribution in [0.1, 0.15) is 12.5 Å². The van der Waals surface area contributed by atoms with Crippen LogP contribution in [0, 0.1) is 0 Å². The molecule has 0 radical (unpaired) electrons. The number of hydrogen-bond donors (Lipinski definition) is 1. The van der Waals surface area contributed by atoms with E-state index in [4.69, 9.17) is 14.6 Å². The van der Waals surface area contributed by atoms with Crippen LogP contribution in [0.25, 0.3) is 0 Å². The van der Waals surface area contributed by atoms with Gasteiger partial charge in [-0.3, -0.25) is 4.79 Å². The van der Waals surface area contributed by atoms with Crippen molar-refractivity contribution in [1.29, 1.82) is 0 Å². The average molecular weight is 210 g/mol. The van der Waals surface area contributed by atoms with Crippen molar-refractivity contribution in [1.82, 2.24) is 0 Å². The molecule has 1 N–H and O–H groups in total. The first kappa shape index (κ1) is 11.5. The van der Waals surface area contributed by atoms with E-state index in [-0.39, 0.29) is 13.2 Å². The number of ether oxygens (including phenoxy) is 2. The number of carboxylic acids is 1. The topological polar surface area (TPSA) is 55.8 Å². The summed E-state index contributed by atoms with van der Waals surface area (Å²) in [4.78, 5) is 10.4. The van der Waals surface area contributed by atoms with E-state index < -0.39 is 5.97 Å². The molecule has 0 heterocycles. The largest absolute Gasteiger partial charge is 0.481 e. The molecule has 0 amide bonds. The van der Waals surface area contributed by atoms with E-state index in [0.717, 1.165) is 5.56 Å². The van der Waals surface area contributed by atoms with Crippen molar-refractivity contribution in [2.24, 2.45) is 0 Å². The molecular formula is C11H14O4. The lowest BCUT2D eigenvalue weighted by atomic mass is 10.1. The summed E-state index contributed by atoms with van der Waals surface area (Å²) in [6.45, 7) is 2.71. The molecule has 0 aliphatic carbocycles. The van der Waals surface area contributed by atoms with Gasteiger partial charge in [-0.15, -0.1) is 0 Å². The maximum Gasteiger partial charge on any atom is 0.307 e. The lowest BCUT2D eigenvalue weighted by Gasteiger charge is -2.05. The molecule has 0 spiro atoms. The maximum atomic E-state index is 10.4. The minimum absolute atomic E-state index is 0.0335. The second-order valence-electron chi connectivity index (χ2n) is 2.97. The molecule has 0 unspecified atom stereocenters. The molecule has 0 saturated heterocycles. The van der Waals surface area contributed by atoms with Gasteiger partial charge in [0, 0.05) is 6.61 Å². The summed E-state index contributed by atoms with van der Waals surface area (Å²) < 4.78 is 10.3. The highest BCUT2D eigenvalue weighted by Crippen LogP contribution is 2.12. The first-order valence-corrected chi connectivity index (χ1v) is 4.73. The quantitative estimate of drug-likeness (QED) is 0.573. The van der Waals surface area contributed by atoms with Crippen LogP contribution >= 0.6 is 0 Å². The fourth-order valence-corrected chi connectivity index (χ4v) is 1.07. The van der Waals surface area contributed by atoms with E-state index in [1.807, 2.05) is 6.92 Å². The van der Waals surface area contributed by atoms with Gasteiger partial charge in [-0.05, 0) is 24.6 Å². The lowest BCUT2D eigenvalue weighted by molar-refractivity contribution is -0.136. The molecular weight excluding hydrogens is 196 g/mol. The van der Waals surface area contributed by atoms with E-state index in [9.17, 15) is 4.79 Å². The first-order valence-electron chi connectivity index (χ1n) is 4.73. The van der Waals surface area contributed by atoms with Crippen LogP contribution in [-0.2, 0) is 16.0 Å². The number of benzene rings is 1. The number of rotatable bonds is 6. The van der Waals surface area contributed by atoms with Gasteiger partial charge in [0.2, 0.25) is 0 Å². The van der Waals surface area contributed by atoms with Crippen LogP contribution in [-0.4, -0.2) is 24.5 Å². The molecule has 1 rings (SSSR count). The summed E-state index contributed by atoms with van der Waals surface area (Å²) in [5, 5.41) is 8.56. The molecule has 15 heavy (non-hydrogen) atoms. The Bertz CT molecular complexity index is 305. The Balaban J connectivity index is 2.45. The van der Waals surface area contributed by atoms with Gasteiger partial charge in [0.25, 0.3) is 0 Å². The smallest absolute Gasteiger partial charge is 0.307 e. The molecule has 1 aromatic carbocycles. The zero-order valence-corrected chi connectivity index (χ0v) is 8.60. The van der Waals surface area contributed by atoms with Gasteiger partial charge < -0.3 is 14.6 Å². The molecule has 0 atom stereocenters. The second kappa shape index (κ2) is 6.03. The summed E-state index contributed by atoms with van der Waals surface area (Å²) in [5.41, 5.74) is 0.756. The van der Waals surface area contributed by atoms with E-state index in [1.54, 1.807) is 24.3 Å². The molecule has 0 aromatic heterocycles. The Morgan fingerprint density at radius 2 is 2.00 bits per heavy atom. The van der Waals surface area contributed by atoms with Crippen LogP contribution in [0.4, 0.5) is 0 Å². The number of carbonyl (C=O) groups is 1. The third kappa shape index (κ3) is 4.46. The molecule has 0 aliphatic heterocycles. The van der Waals surface area contributed by atoms with Crippen LogP contribution in [0.15, 0.2) is 24.3 Å². The van der Waals surface area contributed by atoms with Gasteiger partial charge >= 0.3 is 5.97 Å². The van der Waals surface area contributed by atoms with E-state index in [0.29, 0.717) is 12.4 Å². The van der Waals surface area contributed by atoms with Gasteiger partial charge in [0.1, 0.15) is 5.75 Å². The van der Waals surface area contributed by atoms with E-state index >= 15 is 0 Å². The summed E-state index contributed by atoms with van der Waals surface area (Å²) in [5.74, 6) is -0.157. The predicted octanol–water partition coefficient (Wildman–Crippen LogP) is 1.69. The molecule has 4 nitrogen and oxygen atoms in total. The van der Waals surface area contributed by atoms with Crippen LogP contribution in [0.5, 0.6) is 5.75 Å². The van der Waals surface area contributed by atoms with Gasteiger partial charge in [-0.2, -0.15) is 0 Å². The third-order valence-corrected chi connectivity index (χ3v) is 1.79. The second-order valence-corrected chi connectivity index (χ2v) is 2.97. The molecule has 4 heteroatoms. The highest BCUT2D eigenvalue weighted by atomic mass is 16.7. The van der Waals surface area contributed by atoms with E-state index in [1.165, 1.54) is 0 Å². The zero-order chi connectivity index (χ0) is 11.1. The third-order valence-electron chi connectivity index (χ3n) is 1.79. The monoisotopic (exact) mass is 210 g/mol. The Labute approximate surface area is 88.4 Å². The van der Waals surface area contributed by atoms with Gasteiger partial charge in [0.05, 0.1) is 6.42 Å². The standard InChI is InChI=1S/C11H14O4/c1-2-14-8-15-10-5-3-9(4-6-10)7-11(12)13/h3-6H,2,7-8H2,1H3,(H,12,13). The molecule has 0 bridgehead atoms. The predicted molar refractivity (Wildman–Crippen MR) is 54.9 cm³/mol. The number of hydrogen-bond acceptors (Lipinski definition) is 3. The maximum absolute atomic E-state index is 10.4. The number of carboxylic acid groups (broad SMARTS) is 1. The van der Waals surface area contributed by atoms with Gasteiger partial charge in [0.15, 0.2) is 6.79 Å². The summed E-state index contributed by atoms with van der Waals surface area (Å²) in [6.07, 6.45) is 0.0335. The molecule has 82 valence electrons. The Morgan fingerprint density at radius 3 is 2.53 bits per heavy atom. The SMILES string of the molecule is CCOCOc1ccc(CC(=O)O)cc1. The van der Waals surface area contributed by atoms with E-state index in [2.05, 4.69) is 0 Å². The minimum atomic E-state index is -0.835. The van der Waals surface area contributed by atoms with Crippen molar-refractivity contribution >= 4 is 5.97 Å². The Kier molecular flexibility index (Phi) is 4.63. The van der Waals surface area contributed by atoms with Crippen LogP contribution < -0.4 is 4.74 Å². The van der Waals surface area contributed by atoms with Crippen molar-refractivity contribution in [3.05, 3.63) is 29.8 Å². The Morgan fingerprint density at radius 1 is 1.33 bits per heavy atom. The van der Waals surface area contributed by atoms with Crippen molar-refractivity contribution in [3.8, 4) is 5.75 Å². The fourth-order valence-electron chi connectivity index (χ4n) is 1.07. The highest BCUT2D eigenvalue weighted by Gasteiger charge is 2.00. The van der Waals surface area contributed by atoms with Crippen molar-refractivity contribution in [2.45, 2.75) is 13.3 Å². The summed E-state index contributed by atoms with van der Waals surface area (Å²) in [6, 6.07) is 6.93. The molecule has 1 aromatic rings. The molecule has 0 aliphatic rings. The lowest BCUT2D eigenvalue weighted by Crippen LogP contribution is -2.03. The van der Waals surface area contributed by atoms with Crippen molar-refractivity contribution in [2.75, 3.05) is 13.4 Å². The Hall–Kier alpha value is -1.55. The minimum Gasteiger partial charge on any atom is -0.481 e. The van der Waals surface area contributed by atoms with Crippen molar-refractivity contribution < 1.29 is 19.4 Å². The first-order chi connectivity index (χ1) is 7.22. The van der Waals surface area contributed by atoms with Crippen LogP contribution in [0.2, 0.25) is 0 Å². The van der Waals surface area contributed by atoms with Gasteiger partial charge in [-0.25, -0.2) is 0 Å². The number of aliphatic carboxylic acids is 1. The normalized spacial score (nSPS) is 9.93.